The van der Waals surface area contributed by atoms with E-state index in [0.29, 0.717) is 17.2 Å². The Hall–Kier alpha value is -2.11. The van der Waals surface area contributed by atoms with E-state index in [1.54, 1.807) is 12.1 Å². The predicted molar refractivity (Wildman–Crippen MR) is 71.0 cm³/mol. The van der Waals surface area contributed by atoms with Crippen molar-refractivity contribution < 1.29 is 10.0 Å². The lowest BCUT2D eigenvalue weighted by Gasteiger charge is -2.20. The van der Waals surface area contributed by atoms with Crippen molar-refractivity contribution in [3.63, 3.8) is 0 Å². The number of hydrogen-bond acceptors (Lipinski definition) is 4. The van der Waals surface area contributed by atoms with Crippen LogP contribution in [0.5, 0.6) is 0 Å². The van der Waals surface area contributed by atoms with Crippen molar-refractivity contribution in [3.05, 3.63) is 29.6 Å². The van der Waals surface area contributed by atoms with E-state index in [-0.39, 0.29) is 17.8 Å². The van der Waals surface area contributed by atoms with E-state index >= 15 is 0 Å². The van der Waals surface area contributed by atoms with Crippen LogP contribution < -0.4 is 5.73 Å². The zero-order valence-corrected chi connectivity index (χ0v) is 11.1. The number of carbonyl (C=O) groups is 1. The molecule has 0 spiro atoms. The normalized spacial score (nSPS) is 23.7. The number of carbonyl (C=O) groups excluding carboxylic acids is 1. The summed E-state index contributed by atoms with van der Waals surface area (Å²) in [5.74, 6) is 0.438. The first-order chi connectivity index (χ1) is 9.02. The number of amidine groups is 1. The smallest absolute Gasteiger partial charge is 0.272 e. The van der Waals surface area contributed by atoms with Crippen molar-refractivity contribution >= 4 is 11.7 Å². The fourth-order valence-corrected chi connectivity index (χ4v) is 2.46. The molecule has 2 atom stereocenters. The number of aromatic nitrogens is 1. The van der Waals surface area contributed by atoms with Gasteiger partial charge in [0, 0.05) is 24.3 Å². The number of rotatable bonds is 2. The van der Waals surface area contributed by atoms with Crippen LogP contribution in [0.1, 0.15) is 36.3 Å². The van der Waals surface area contributed by atoms with Gasteiger partial charge in [0.1, 0.15) is 5.69 Å². The molecule has 0 bridgehead atoms. The Morgan fingerprint density at radius 2 is 2.26 bits per heavy atom. The average molecular weight is 262 g/mol. The molecule has 1 aromatic heterocycles. The third-order valence-corrected chi connectivity index (χ3v) is 3.43. The molecule has 1 aromatic rings. The molecule has 6 nitrogen and oxygen atoms in total. The molecule has 0 saturated carbocycles. The molecule has 0 radical (unpaired) electrons. The van der Waals surface area contributed by atoms with Gasteiger partial charge in [0.25, 0.3) is 5.91 Å². The Morgan fingerprint density at radius 3 is 2.74 bits per heavy atom. The third kappa shape index (κ3) is 2.67. The fourth-order valence-electron chi connectivity index (χ4n) is 2.46. The second kappa shape index (κ2) is 5.26. The summed E-state index contributed by atoms with van der Waals surface area (Å²) in [6.45, 7) is 4.95. The van der Waals surface area contributed by atoms with E-state index in [1.165, 1.54) is 6.20 Å². The summed E-state index contributed by atoms with van der Waals surface area (Å²) in [5.41, 5.74) is 6.32. The van der Waals surface area contributed by atoms with Gasteiger partial charge in [-0.2, -0.15) is 0 Å². The fraction of sp³-hybridized carbons (Fsp3) is 0.462. The van der Waals surface area contributed by atoms with Crippen LogP contribution in [-0.4, -0.2) is 39.4 Å². The second-order valence-corrected chi connectivity index (χ2v) is 5.06. The van der Waals surface area contributed by atoms with Crippen molar-refractivity contribution in [2.45, 2.75) is 26.3 Å². The average Bonchev–Trinajstić information content (AvgIpc) is 2.76. The molecular formula is C13H18N4O2. The van der Waals surface area contributed by atoms with E-state index in [9.17, 15) is 4.79 Å². The van der Waals surface area contributed by atoms with Gasteiger partial charge in [0.05, 0.1) is 0 Å². The third-order valence-electron chi connectivity index (χ3n) is 3.43. The molecule has 1 amide bonds. The zero-order chi connectivity index (χ0) is 14.0. The molecule has 102 valence electrons. The summed E-state index contributed by atoms with van der Waals surface area (Å²) in [6.07, 6.45) is 2.46. The zero-order valence-electron chi connectivity index (χ0n) is 11.1. The molecule has 3 N–H and O–H groups in total. The summed E-state index contributed by atoms with van der Waals surface area (Å²) in [5, 5.41) is 11.5. The highest BCUT2D eigenvalue weighted by Gasteiger charge is 2.30. The lowest BCUT2D eigenvalue weighted by atomic mass is 10.1. The molecule has 0 aliphatic carbocycles. The maximum Gasteiger partial charge on any atom is 0.272 e. The first kappa shape index (κ1) is 13.3. The van der Waals surface area contributed by atoms with Crippen LogP contribution in [0, 0.1) is 5.92 Å². The number of nitrogens with zero attached hydrogens (tertiary/aromatic N) is 3. The minimum absolute atomic E-state index is 0.0188. The number of likely N-dealkylation sites (tertiary alicyclic amines) is 1. The molecule has 1 saturated heterocycles. The quantitative estimate of drug-likeness (QED) is 0.360. The van der Waals surface area contributed by atoms with Crippen LogP contribution in [0.2, 0.25) is 0 Å². The first-order valence-electron chi connectivity index (χ1n) is 6.28. The van der Waals surface area contributed by atoms with Crippen LogP contribution in [-0.2, 0) is 0 Å². The lowest BCUT2D eigenvalue weighted by molar-refractivity contribution is 0.0738. The Labute approximate surface area is 111 Å². The number of oxime groups is 1. The second-order valence-electron chi connectivity index (χ2n) is 5.06. The predicted octanol–water partition coefficient (Wildman–Crippen LogP) is 1.05. The summed E-state index contributed by atoms with van der Waals surface area (Å²) >= 11 is 0. The summed E-state index contributed by atoms with van der Waals surface area (Å²) in [7, 11) is 0. The molecule has 6 heteroatoms. The van der Waals surface area contributed by atoms with Crippen molar-refractivity contribution in [1.29, 1.82) is 0 Å². The molecular weight excluding hydrogens is 244 g/mol. The molecule has 1 fully saturated rings. The van der Waals surface area contributed by atoms with E-state index in [1.807, 2.05) is 11.8 Å². The SMILES string of the molecule is CC1CC(C)N(C(=O)c2ccc(/C(N)=N/O)cn2)C1. The summed E-state index contributed by atoms with van der Waals surface area (Å²) in [4.78, 5) is 18.2. The number of amides is 1. The van der Waals surface area contributed by atoms with Crippen molar-refractivity contribution in [1.82, 2.24) is 9.88 Å². The van der Waals surface area contributed by atoms with Gasteiger partial charge in [-0.3, -0.25) is 9.78 Å². The van der Waals surface area contributed by atoms with Crippen molar-refractivity contribution in [2.24, 2.45) is 16.8 Å². The number of pyridine rings is 1. The van der Waals surface area contributed by atoms with E-state index in [0.717, 1.165) is 13.0 Å². The topological polar surface area (TPSA) is 91.8 Å². The Kier molecular flexibility index (Phi) is 3.69. The highest BCUT2D eigenvalue weighted by Crippen LogP contribution is 2.23. The highest BCUT2D eigenvalue weighted by atomic mass is 16.4. The van der Waals surface area contributed by atoms with Crippen LogP contribution in [0.4, 0.5) is 0 Å². The van der Waals surface area contributed by atoms with Crippen molar-refractivity contribution in [2.75, 3.05) is 6.54 Å². The molecule has 19 heavy (non-hydrogen) atoms. The summed E-state index contributed by atoms with van der Waals surface area (Å²) in [6, 6.07) is 3.47. The maximum absolute atomic E-state index is 12.3. The van der Waals surface area contributed by atoms with Crippen LogP contribution in [0.25, 0.3) is 0 Å². The molecule has 1 aliphatic heterocycles. The molecule has 2 unspecified atom stereocenters. The van der Waals surface area contributed by atoms with E-state index < -0.39 is 0 Å². The maximum atomic E-state index is 12.3. The molecule has 2 heterocycles. The summed E-state index contributed by atoms with van der Waals surface area (Å²) < 4.78 is 0. The molecule has 2 rings (SSSR count). The minimum atomic E-state index is -0.0668. The van der Waals surface area contributed by atoms with Crippen molar-refractivity contribution in [3.8, 4) is 0 Å². The van der Waals surface area contributed by atoms with Gasteiger partial charge in [0.15, 0.2) is 5.84 Å². The largest absolute Gasteiger partial charge is 0.409 e. The van der Waals surface area contributed by atoms with Crippen LogP contribution >= 0.6 is 0 Å². The first-order valence-corrected chi connectivity index (χ1v) is 6.28. The Balaban J connectivity index is 2.16. The van der Waals surface area contributed by atoms with Crippen LogP contribution in [0.3, 0.4) is 0 Å². The van der Waals surface area contributed by atoms with Crippen LogP contribution in [0.15, 0.2) is 23.5 Å². The van der Waals surface area contributed by atoms with Gasteiger partial charge >= 0.3 is 0 Å². The Morgan fingerprint density at radius 1 is 1.53 bits per heavy atom. The molecule has 0 aromatic carbocycles. The van der Waals surface area contributed by atoms with E-state index in [4.69, 9.17) is 10.9 Å². The van der Waals surface area contributed by atoms with Gasteiger partial charge < -0.3 is 15.8 Å². The number of nitrogens with two attached hydrogens (primary N) is 1. The minimum Gasteiger partial charge on any atom is -0.409 e. The highest BCUT2D eigenvalue weighted by molar-refractivity contribution is 5.98. The standard InChI is InChI=1S/C13H18N4O2/c1-8-5-9(2)17(7-8)13(18)11-4-3-10(6-15-11)12(14)16-19/h3-4,6,8-9,19H,5,7H2,1-2H3,(H2,14,16). The van der Waals surface area contributed by atoms with E-state index in [2.05, 4.69) is 17.1 Å². The monoisotopic (exact) mass is 262 g/mol. The lowest BCUT2D eigenvalue weighted by Crippen LogP contribution is -2.34. The van der Waals surface area contributed by atoms with Gasteiger partial charge in [0.2, 0.25) is 0 Å². The van der Waals surface area contributed by atoms with Gasteiger partial charge in [-0.15, -0.1) is 0 Å². The Bertz CT molecular complexity index is 498. The van der Waals surface area contributed by atoms with Gasteiger partial charge in [-0.05, 0) is 31.4 Å². The molecule has 1 aliphatic rings. The number of hydrogen-bond donors (Lipinski definition) is 2. The van der Waals surface area contributed by atoms with Gasteiger partial charge in [-0.25, -0.2) is 0 Å². The van der Waals surface area contributed by atoms with Gasteiger partial charge in [-0.1, -0.05) is 12.1 Å².